The first-order chi connectivity index (χ1) is 16.1. The lowest BCUT2D eigenvalue weighted by molar-refractivity contribution is -0.136. The summed E-state index contributed by atoms with van der Waals surface area (Å²) in [6.45, 7) is 6.65. The van der Waals surface area contributed by atoms with Crippen molar-refractivity contribution >= 4 is 12.0 Å². The zero-order chi connectivity index (χ0) is 24.9. The SMILES string of the molecule is CC(C)(C)C(N)C(=O)N1CCC(N(Cc2ccc(F)cc2F)C(=O)OCc2ccccc2)CC1. The Bertz CT molecular complexity index is 987. The van der Waals surface area contributed by atoms with E-state index in [4.69, 9.17) is 10.5 Å². The zero-order valence-electron chi connectivity index (χ0n) is 20.0. The average molecular weight is 474 g/mol. The second kappa shape index (κ2) is 11.0. The Morgan fingerprint density at radius 2 is 1.76 bits per heavy atom. The lowest BCUT2D eigenvalue weighted by Gasteiger charge is -2.40. The van der Waals surface area contributed by atoms with Gasteiger partial charge in [0.2, 0.25) is 5.91 Å². The van der Waals surface area contributed by atoms with Crippen LogP contribution in [0.3, 0.4) is 0 Å². The molecule has 1 atom stereocenters. The van der Waals surface area contributed by atoms with Gasteiger partial charge < -0.3 is 20.3 Å². The molecule has 184 valence electrons. The lowest BCUT2D eigenvalue weighted by Crippen LogP contribution is -2.54. The Hall–Kier alpha value is -3.00. The van der Waals surface area contributed by atoms with Crippen LogP contribution < -0.4 is 5.73 Å². The molecule has 0 bridgehead atoms. The van der Waals surface area contributed by atoms with Crippen molar-refractivity contribution in [2.24, 2.45) is 11.1 Å². The number of hydrogen-bond acceptors (Lipinski definition) is 4. The first-order valence-electron chi connectivity index (χ1n) is 11.5. The number of benzene rings is 2. The van der Waals surface area contributed by atoms with Gasteiger partial charge in [-0.05, 0) is 29.9 Å². The molecule has 1 heterocycles. The fourth-order valence-electron chi connectivity index (χ4n) is 3.94. The average Bonchev–Trinajstić information content (AvgIpc) is 2.81. The molecule has 2 N–H and O–H groups in total. The van der Waals surface area contributed by atoms with Crippen LogP contribution >= 0.6 is 0 Å². The third-order valence-electron chi connectivity index (χ3n) is 6.21. The first-order valence-corrected chi connectivity index (χ1v) is 11.5. The number of nitrogens with zero attached hydrogens (tertiary/aromatic N) is 2. The summed E-state index contributed by atoms with van der Waals surface area (Å²) >= 11 is 0. The number of rotatable bonds is 6. The number of amides is 2. The Morgan fingerprint density at radius 1 is 1.12 bits per heavy atom. The van der Waals surface area contributed by atoms with Crippen LogP contribution in [0.1, 0.15) is 44.7 Å². The summed E-state index contributed by atoms with van der Waals surface area (Å²) in [5, 5.41) is 0. The molecule has 1 aliphatic rings. The van der Waals surface area contributed by atoms with E-state index in [2.05, 4.69) is 0 Å². The Labute approximate surface area is 199 Å². The highest BCUT2D eigenvalue weighted by Gasteiger charge is 2.35. The van der Waals surface area contributed by atoms with Crippen LogP contribution in [0.5, 0.6) is 0 Å². The van der Waals surface area contributed by atoms with Gasteiger partial charge in [0.1, 0.15) is 18.2 Å². The highest BCUT2D eigenvalue weighted by atomic mass is 19.1. The molecule has 2 aromatic carbocycles. The number of carbonyl (C=O) groups excluding carboxylic acids is 2. The highest BCUT2D eigenvalue weighted by Crippen LogP contribution is 2.25. The fourth-order valence-corrected chi connectivity index (χ4v) is 3.94. The van der Waals surface area contributed by atoms with Crippen LogP contribution in [0, 0.1) is 17.0 Å². The van der Waals surface area contributed by atoms with Crippen LogP contribution in [0.2, 0.25) is 0 Å². The third kappa shape index (κ3) is 6.53. The minimum Gasteiger partial charge on any atom is -0.445 e. The van der Waals surface area contributed by atoms with Crippen LogP contribution in [0.15, 0.2) is 48.5 Å². The predicted molar refractivity (Wildman–Crippen MR) is 126 cm³/mol. The van der Waals surface area contributed by atoms with Crippen molar-refractivity contribution in [1.82, 2.24) is 9.80 Å². The maximum absolute atomic E-state index is 14.4. The quantitative estimate of drug-likeness (QED) is 0.672. The van der Waals surface area contributed by atoms with E-state index >= 15 is 0 Å². The van der Waals surface area contributed by atoms with Gasteiger partial charge in [-0.1, -0.05) is 57.2 Å². The van der Waals surface area contributed by atoms with E-state index in [0.717, 1.165) is 11.6 Å². The van der Waals surface area contributed by atoms with Crippen molar-refractivity contribution in [2.75, 3.05) is 13.1 Å². The summed E-state index contributed by atoms with van der Waals surface area (Å²) in [6, 6.07) is 11.7. The smallest absolute Gasteiger partial charge is 0.410 e. The molecule has 0 spiro atoms. The number of hydrogen-bond donors (Lipinski definition) is 1. The van der Waals surface area contributed by atoms with Crippen molar-refractivity contribution in [1.29, 1.82) is 0 Å². The van der Waals surface area contributed by atoms with Crippen molar-refractivity contribution in [3.63, 3.8) is 0 Å². The topological polar surface area (TPSA) is 75.9 Å². The highest BCUT2D eigenvalue weighted by molar-refractivity contribution is 5.82. The zero-order valence-corrected chi connectivity index (χ0v) is 20.0. The van der Waals surface area contributed by atoms with E-state index in [9.17, 15) is 18.4 Å². The number of nitrogens with two attached hydrogens (primary N) is 1. The van der Waals surface area contributed by atoms with Crippen molar-refractivity contribution in [3.05, 3.63) is 71.3 Å². The number of likely N-dealkylation sites (tertiary alicyclic amines) is 1. The molecule has 0 aliphatic carbocycles. The van der Waals surface area contributed by atoms with E-state index in [-0.39, 0.29) is 36.1 Å². The molecule has 1 saturated heterocycles. The van der Waals surface area contributed by atoms with Gasteiger partial charge in [0.05, 0.1) is 12.6 Å². The number of carbonyl (C=O) groups is 2. The summed E-state index contributed by atoms with van der Waals surface area (Å²) in [5.41, 5.74) is 6.82. The van der Waals surface area contributed by atoms with Crippen LogP contribution in [-0.2, 0) is 22.7 Å². The second-order valence-corrected chi connectivity index (χ2v) is 9.80. The first kappa shape index (κ1) is 25.6. The van der Waals surface area contributed by atoms with Crippen molar-refractivity contribution < 1.29 is 23.1 Å². The standard InChI is InChI=1S/C26H33F2N3O3/c1-26(2,3)23(29)24(32)30-13-11-21(12-14-30)31(16-19-9-10-20(27)15-22(19)28)25(33)34-17-18-7-5-4-6-8-18/h4-10,15,21,23H,11-14,16-17,29H2,1-3H3. The fraction of sp³-hybridized carbons (Fsp3) is 0.462. The van der Waals surface area contributed by atoms with E-state index in [1.165, 1.54) is 17.0 Å². The summed E-state index contributed by atoms with van der Waals surface area (Å²) < 4.78 is 33.3. The number of piperidine rings is 1. The molecular formula is C26H33F2N3O3. The molecule has 2 aromatic rings. The summed E-state index contributed by atoms with van der Waals surface area (Å²) in [5.74, 6) is -1.51. The second-order valence-electron chi connectivity index (χ2n) is 9.80. The Kier molecular flexibility index (Phi) is 8.25. The van der Waals surface area contributed by atoms with E-state index in [0.29, 0.717) is 25.9 Å². The van der Waals surface area contributed by atoms with Gasteiger partial charge in [-0.2, -0.15) is 0 Å². The summed E-state index contributed by atoms with van der Waals surface area (Å²) in [4.78, 5) is 29.1. The van der Waals surface area contributed by atoms with E-state index in [1.807, 2.05) is 51.1 Å². The molecule has 8 heteroatoms. The molecule has 1 aliphatic heterocycles. The third-order valence-corrected chi connectivity index (χ3v) is 6.21. The number of ether oxygens (including phenoxy) is 1. The van der Waals surface area contributed by atoms with Crippen LogP contribution in [-0.4, -0.2) is 47.0 Å². The van der Waals surface area contributed by atoms with Gasteiger partial charge in [-0.3, -0.25) is 4.79 Å². The predicted octanol–water partition coefficient (Wildman–Crippen LogP) is 4.47. The van der Waals surface area contributed by atoms with Gasteiger partial charge >= 0.3 is 6.09 Å². The molecule has 1 unspecified atom stereocenters. The molecule has 6 nitrogen and oxygen atoms in total. The Balaban J connectivity index is 1.71. The minimum atomic E-state index is -0.718. The van der Waals surface area contributed by atoms with Crippen LogP contribution in [0.4, 0.5) is 13.6 Å². The maximum atomic E-state index is 14.4. The molecule has 0 aromatic heterocycles. The van der Waals surface area contributed by atoms with Crippen molar-refractivity contribution in [3.8, 4) is 0 Å². The van der Waals surface area contributed by atoms with Gasteiger partial charge in [0.15, 0.2) is 0 Å². The largest absolute Gasteiger partial charge is 0.445 e. The van der Waals surface area contributed by atoms with Gasteiger partial charge in [-0.15, -0.1) is 0 Å². The number of halogens is 2. The van der Waals surface area contributed by atoms with Gasteiger partial charge in [-0.25, -0.2) is 13.6 Å². The molecule has 34 heavy (non-hydrogen) atoms. The van der Waals surface area contributed by atoms with Crippen molar-refractivity contribution in [2.45, 2.75) is 58.8 Å². The normalized spacial score (nSPS) is 15.6. The molecule has 0 saturated carbocycles. The monoisotopic (exact) mass is 473 g/mol. The van der Waals surface area contributed by atoms with Gasteiger partial charge in [0.25, 0.3) is 0 Å². The molecule has 3 rings (SSSR count). The molecule has 2 amide bonds. The van der Waals surface area contributed by atoms with Gasteiger partial charge in [0, 0.05) is 30.8 Å². The summed E-state index contributed by atoms with van der Waals surface area (Å²) in [6.07, 6.45) is 0.432. The molecule has 1 fully saturated rings. The molecule has 0 radical (unpaired) electrons. The lowest BCUT2D eigenvalue weighted by atomic mass is 9.86. The Morgan fingerprint density at radius 3 is 2.35 bits per heavy atom. The minimum absolute atomic E-state index is 0.0557. The van der Waals surface area contributed by atoms with E-state index < -0.39 is 23.8 Å². The summed E-state index contributed by atoms with van der Waals surface area (Å²) in [7, 11) is 0. The van der Waals surface area contributed by atoms with E-state index in [1.54, 1.807) is 4.90 Å². The maximum Gasteiger partial charge on any atom is 0.410 e. The molecular weight excluding hydrogens is 440 g/mol. The van der Waals surface area contributed by atoms with Crippen LogP contribution in [0.25, 0.3) is 0 Å².